The summed E-state index contributed by atoms with van der Waals surface area (Å²) in [5.74, 6) is -2.29. The molecule has 0 aliphatic carbocycles. The molecule has 3 amide bonds. The highest BCUT2D eigenvalue weighted by Crippen LogP contribution is 2.38. The van der Waals surface area contributed by atoms with Gasteiger partial charge >= 0.3 is 18.0 Å². The van der Waals surface area contributed by atoms with Crippen LogP contribution in [0.4, 0.5) is 9.93 Å². The lowest BCUT2D eigenvalue weighted by atomic mass is 9.98. The number of esters is 2. The first kappa shape index (κ1) is 30.9. The monoisotopic (exact) mass is 597 g/mol. The van der Waals surface area contributed by atoms with Crippen LogP contribution in [0.3, 0.4) is 0 Å². The van der Waals surface area contributed by atoms with Crippen molar-refractivity contribution in [2.45, 2.75) is 58.6 Å². The Kier molecular flexibility index (Phi) is 9.45. The molecule has 16 heteroatoms. The molecule has 40 heavy (non-hydrogen) atoms. The van der Waals surface area contributed by atoms with Gasteiger partial charge in [-0.05, 0) is 47.6 Å². The zero-order valence-corrected chi connectivity index (χ0v) is 24.7. The first-order valence-corrected chi connectivity index (χ1v) is 13.9. The fourth-order valence-electron chi connectivity index (χ4n) is 3.29. The van der Waals surface area contributed by atoms with Crippen molar-refractivity contribution in [3.05, 3.63) is 22.8 Å². The zero-order chi connectivity index (χ0) is 29.8. The normalized spacial score (nSPS) is 19.0. The highest BCUT2D eigenvalue weighted by molar-refractivity contribution is 8.00. The Morgan fingerprint density at radius 2 is 1.85 bits per heavy atom. The van der Waals surface area contributed by atoms with Gasteiger partial charge in [0.15, 0.2) is 10.8 Å². The van der Waals surface area contributed by atoms with Crippen LogP contribution in [0.2, 0.25) is 0 Å². The van der Waals surface area contributed by atoms with E-state index >= 15 is 0 Å². The predicted molar refractivity (Wildman–Crippen MR) is 145 cm³/mol. The minimum atomic E-state index is -0.965. The van der Waals surface area contributed by atoms with Gasteiger partial charge in [0.05, 0.1) is 5.41 Å². The van der Waals surface area contributed by atoms with E-state index in [0.29, 0.717) is 5.75 Å². The standard InChI is InChI=1S/C24H31N5O9S2/c1-23(2,3)20(33)37-11-36-19(32)13-8-9-39-18-15(17(31)29(13)18)26-16(30)14(28-35-7)12-10-40-21(25-12)27-22(34)38-24(4,5)6/h8,10,15,18H,9,11H2,1-7H3,(H,26,30)(H,25,27,34)/t15-,18-/m1/s1. The number of thioether (sulfide) groups is 1. The molecule has 1 saturated heterocycles. The van der Waals surface area contributed by atoms with Crippen molar-refractivity contribution in [3.63, 3.8) is 0 Å². The lowest BCUT2D eigenvalue weighted by Crippen LogP contribution is -2.70. The molecule has 0 radical (unpaired) electrons. The first-order chi connectivity index (χ1) is 18.6. The topological polar surface area (TPSA) is 175 Å². The van der Waals surface area contributed by atoms with Crippen LogP contribution in [0.1, 0.15) is 47.2 Å². The summed E-state index contributed by atoms with van der Waals surface area (Å²) in [6, 6.07) is -0.965. The number of β-lactam (4-membered cyclic amide) rings is 1. The van der Waals surface area contributed by atoms with Crippen LogP contribution in [-0.2, 0) is 38.2 Å². The van der Waals surface area contributed by atoms with Crippen LogP contribution in [0.25, 0.3) is 0 Å². The molecule has 1 fully saturated rings. The molecule has 1 aromatic rings. The van der Waals surface area contributed by atoms with Crippen LogP contribution in [0, 0.1) is 5.41 Å². The van der Waals surface area contributed by atoms with Crippen molar-refractivity contribution in [2.75, 3.05) is 25.0 Å². The fraction of sp³-hybridized carbons (Fsp3) is 0.542. The van der Waals surface area contributed by atoms with Crippen LogP contribution >= 0.6 is 23.1 Å². The number of fused-ring (bicyclic) bond motifs is 1. The number of rotatable bonds is 8. The summed E-state index contributed by atoms with van der Waals surface area (Å²) in [6.45, 7) is 9.53. The number of anilines is 1. The molecule has 2 aliphatic rings. The van der Waals surface area contributed by atoms with E-state index in [4.69, 9.17) is 19.0 Å². The molecule has 2 atom stereocenters. The van der Waals surface area contributed by atoms with Crippen molar-refractivity contribution in [3.8, 4) is 0 Å². The summed E-state index contributed by atoms with van der Waals surface area (Å²) in [6.07, 6.45) is 0.810. The summed E-state index contributed by atoms with van der Waals surface area (Å²) in [4.78, 5) is 72.7. The highest BCUT2D eigenvalue weighted by Gasteiger charge is 2.53. The molecule has 14 nitrogen and oxygen atoms in total. The van der Waals surface area contributed by atoms with Crippen LogP contribution in [-0.4, -0.2) is 82.1 Å². The lowest BCUT2D eigenvalue weighted by Gasteiger charge is -2.48. The van der Waals surface area contributed by atoms with Gasteiger partial charge in [-0.2, -0.15) is 0 Å². The molecule has 0 saturated carbocycles. The van der Waals surface area contributed by atoms with Crippen molar-refractivity contribution < 1.29 is 43.0 Å². The number of ether oxygens (including phenoxy) is 3. The Bertz CT molecular complexity index is 1250. The number of carbonyl (C=O) groups is 5. The number of hydrogen-bond acceptors (Lipinski definition) is 13. The number of nitrogens with one attached hydrogen (secondary N) is 2. The van der Waals surface area contributed by atoms with E-state index in [9.17, 15) is 24.0 Å². The van der Waals surface area contributed by atoms with E-state index in [1.165, 1.54) is 35.2 Å². The van der Waals surface area contributed by atoms with Gasteiger partial charge < -0.3 is 24.4 Å². The Morgan fingerprint density at radius 3 is 2.48 bits per heavy atom. The molecule has 0 spiro atoms. The van der Waals surface area contributed by atoms with Gasteiger partial charge in [-0.1, -0.05) is 5.16 Å². The zero-order valence-electron chi connectivity index (χ0n) is 23.1. The van der Waals surface area contributed by atoms with Crippen LogP contribution < -0.4 is 10.6 Å². The molecule has 2 aliphatic heterocycles. The Hall–Kier alpha value is -3.66. The number of amides is 3. The number of thiazole rings is 1. The van der Waals surface area contributed by atoms with E-state index in [0.717, 1.165) is 11.3 Å². The number of aromatic nitrogens is 1. The third-order valence-corrected chi connectivity index (χ3v) is 7.03. The maximum atomic E-state index is 13.1. The summed E-state index contributed by atoms with van der Waals surface area (Å²) < 4.78 is 15.2. The van der Waals surface area contributed by atoms with Crippen molar-refractivity contribution in [1.29, 1.82) is 0 Å². The van der Waals surface area contributed by atoms with Crippen LogP contribution in [0.15, 0.2) is 22.3 Å². The third kappa shape index (κ3) is 7.50. The Balaban J connectivity index is 1.61. The minimum Gasteiger partial charge on any atom is -0.444 e. The highest BCUT2D eigenvalue weighted by atomic mass is 32.2. The van der Waals surface area contributed by atoms with Gasteiger partial charge in [0.2, 0.25) is 6.79 Å². The van der Waals surface area contributed by atoms with E-state index in [1.807, 2.05) is 0 Å². The van der Waals surface area contributed by atoms with Gasteiger partial charge in [-0.3, -0.25) is 24.6 Å². The average molecular weight is 598 g/mol. The molecule has 1 aromatic heterocycles. The van der Waals surface area contributed by atoms with E-state index in [1.54, 1.807) is 41.5 Å². The van der Waals surface area contributed by atoms with Gasteiger partial charge in [-0.25, -0.2) is 14.6 Å². The van der Waals surface area contributed by atoms with E-state index < -0.39 is 59.1 Å². The molecule has 0 bridgehead atoms. The number of hydrogen-bond donors (Lipinski definition) is 2. The van der Waals surface area contributed by atoms with Gasteiger partial charge in [0.25, 0.3) is 11.8 Å². The second-order valence-corrected chi connectivity index (χ2v) is 12.5. The SMILES string of the molecule is CON=C(C(=O)N[C@@H]1C(=O)N2C(C(=O)OCOC(=O)C(C)(C)C)=CCS[C@H]12)c1csc(NC(=O)OC(C)(C)C)n1. The second kappa shape index (κ2) is 12.2. The first-order valence-electron chi connectivity index (χ1n) is 12.0. The molecular weight excluding hydrogens is 566 g/mol. The lowest BCUT2D eigenvalue weighted by molar-refractivity contribution is -0.173. The molecule has 3 rings (SSSR count). The van der Waals surface area contributed by atoms with Gasteiger partial charge in [-0.15, -0.1) is 23.1 Å². The van der Waals surface area contributed by atoms with E-state index in [2.05, 4.69) is 20.8 Å². The molecule has 0 aromatic carbocycles. The number of carbonyl (C=O) groups excluding carboxylic acids is 5. The average Bonchev–Trinajstić information content (AvgIpc) is 3.30. The maximum absolute atomic E-state index is 13.1. The van der Waals surface area contributed by atoms with Crippen molar-refractivity contribution >= 4 is 63.8 Å². The predicted octanol–water partition coefficient (Wildman–Crippen LogP) is 2.21. The van der Waals surface area contributed by atoms with Gasteiger partial charge in [0.1, 0.15) is 35.5 Å². The summed E-state index contributed by atoms with van der Waals surface area (Å²) in [7, 11) is 1.24. The molecular formula is C24H31N5O9S2. The summed E-state index contributed by atoms with van der Waals surface area (Å²) in [5.41, 5.74) is -1.60. The van der Waals surface area contributed by atoms with Crippen LogP contribution in [0.5, 0.6) is 0 Å². The summed E-state index contributed by atoms with van der Waals surface area (Å²) >= 11 is 2.37. The molecule has 2 N–H and O–H groups in total. The minimum absolute atomic E-state index is 0.00537. The molecule has 3 heterocycles. The third-order valence-electron chi connectivity index (χ3n) is 5.09. The Labute approximate surface area is 238 Å². The Morgan fingerprint density at radius 1 is 1.15 bits per heavy atom. The van der Waals surface area contributed by atoms with E-state index in [-0.39, 0.29) is 22.2 Å². The quantitative estimate of drug-likeness (QED) is 0.148. The number of nitrogens with zero attached hydrogens (tertiary/aromatic N) is 3. The molecule has 0 unspecified atom stereocenters. The smallest absolute Gasteiger partial charge is 0.413 e. The second-order valence-electron chi connectivity index (χ2n) is 10.5. The number of oxime groups is 1. The maximum Gasteiger partial charge on any atom is 0.413 e. The summed E-state index contributed by atoms with van der Waals surface area (Å²) in [5, 5.41) is 9.90. The van der Waals surface area contributed by atoms with Crippen molar-refractivity contribution in [1.82, 2.24) is 15.2 Å². The van der Waals surface area contributed by atoms with Crippen molar-refractivity contribution in [2.24, 2.45) is 10.6 Å². The largest absolute Gasteiger partial charge is 0.444 e. The van der Waals surface area contributed by atoms with Gasteiger partial charge in [0, 0.05) is 11.1 Å². The fourth-order valence-corrected chi connectivity index (χ4v) is 5.17. The molecule has 218 valence electrons.